The fraction of sp³-hybridized carbons (Fsp3) is 0.0667. The first kappa shape index (κ1) is 9.59. The lowest BCUT2D eigenvalue weighted by atomic mass is 10.0. The number of para-hydroxylation sites is 1. The number of pyridine rings is 1. The highest BCUT2D eigenvalue weighted by molar-refractivity contribution is 6.17. The summed E-state index contributed by atoms with van der Waals surface area (Å²) in [6.07, 6.45) is 3.78. The second kappa shape index (κ2) is 3.29. The van der Waals surface area contributed by atoms with Gasteiger partial charge in [-0.2, -0.15) is 0 Å². The maximum absolute atomic E-state index is 4.41. The van der Waals surface area contributed by atoms with Crippen LogP contribution in [-0.2, 0) is 7.05 Å². The van der Waals surface area contributed by atoms with Crippen LogP contribution in [0.1, 0.15) is 0 Å². The minimum absolute atomic E-state index is 0.960. The van der Waals surface area contributed by atoms with Crippen molar-refractivity contribution in [2.24, 2.45) is 7.05 Å². The smallest absolute Gasteiger partial charge is 0.116 e. The van der Waals surface area contributed by atoms with Crippen molar-refractivity contribution in [3.05, 3.63) is 48.9 Å². The molecule has 0 spiro atoms. The van der Waals surface area contributed by atoms with Gasteiger partial charge in [0, 0.05) is 34.9 Å². The van der Waals surface area contributed by atoms with Crippen LogP contribution in [0.2, 0.25) is 0 Å². The monoisotopic (exact) mass is 233 g/mol. The Labute approximate surface area is 104 Å². The molecule has 0 aliphatic heterocycles. The molecular weight excluding hydrogens is 222 g/mol. The van der Waals surface area contributed by atoms with Crippen LogP contribution in [0.4, 0.5) is 0 Å². The zero-order chi connectivity index (χ0) is 12.1. The maximum Gasteiger partial charge on any atom is 0.116 e. The topological polar surface area (TPSA) is 30.7 Å². The fourth-order valence-electron chi connectivity index (χ4n) is 2.64. The molecule has 0 saturated carbocycles. The molecule has 0 radical (unpaired) electrons. The first-order valence-electron chi connectivity index (χ1n) is 5.92. The van der Waals surface area contributed by atoms with E-state index >= 15 is 0 Å². The van der Waals surface area contributed by atoms with Gasteiger partial charge in [-0.3, -0.25) is 0 Å². The summed E-state index contributed by atoms with van der Waals surface area (Å²) in [4.78, 5) is 8.69. The highest BCUT2D eigenvalue weighted by Gasteiger charge is 2.08. The van der Waals surface area contributed by atoms with E-state index in [2.05, 4.69) is 58.1 Å². The van der Waals surface area contributed by atoms with Crippen LogP contribution in [0.3, 0.4) is 0 Å². The van der Waals surface area contributed by atoms with Gasteiger partial charge in [0.05, 0.1) is 11.0 Å². The molecule has 0 atom stereocenters. The van der Waals surface area contributed by atoms with Crippen molar-refractivity contribution in [1.82, 2.24) is 14.5 Å². The lowest BCUT2D eigenvalue weighted by Crippen LogP contribution is -1.93. The predicted molar refractivity (Wildman–Crippen MR) is 73.5 cm³/mol. The third-order valence-electron chi connectivity index (χ3n) is 3.46. The lowest BCUT2D eigenvalue weighted by Gasteiger charge is -2.09. The van der Waals surface area contributed by atoms with Gasteiger partial charge in [0.25, 0.3) is 0 Å². The molecule has 0 saturated heterocycles. The summed E-state index contributed by atoms with van der Waals surface area (Å²) < 4.78 is 2.15. The van der Waals surface area contributed by atoms with E-state index in [1.54, 1.807) is 6.33 Å². The molecule has 3 heteroatoms. The normalized spacial score (nSPS) is 11.6. The number of aromatic nitrogens is 3. The fourth-order valence-corrected chi connectivity index (χ4v) is 2.64. The zero-order valence-electron chi connectivity index (χ0n) is 9.96. The lowest BCUT2D eigenvalue weighted by molar-refractivity contribution is 0.963. The van der Waals surface area contributed by atoms with E-state index in [1.165, 1.54) is 21.7 Å². The molecule has 0 N–H and O–H groups in total. The largest absolute Gasteiger partial charge is 0.350 e. The molecule has 2 aromatic carbocycles. The summed E-state index contributed by atoms with van der Waals surface area (Å²) in [6.45, 7) is 0. The summed E-state index contributed by atoms with van der Waals surface area (Å²) in [5.41, 5.74) is 3.16. The minimum Gasteiger partial charge on any atom is -0.350 e. The molecule has 3 nitrogen and oxygen atoms in total. The Bertz CT molecular complexity index is 890. The van der Waals surface area contributed by atoms with Gasteiger partial charge >= 0.3 is 0 Å². The van der Waals surface area contributed by atoms with Gasteiger partial charge in [-0.15, -0.1) is 0 Å². The van der Waals surface area contributed by atoms with E-state index in [0.717, 1.165) is 11.0 Å². The molecule has 0 aliphatic rings. The van der Waals surface area contributed by atoms with Gasteiger partial charge in [0.2, 0.25) is 0 Å². The Balaban J connectivity index is 2.41. The Kier molecular flexibility index (Phi) is 1.75. The van der Waals surface area contributed by atoms with Crippen molar-refractivity contribution >= 4 is 32.7 Å². The van der Waals surface area contributed by atoms with Gasteiger partial charge in [-0.05, 0) is 12.1 Å². The number of hydrogen-bond donors (Lipinski definition) is 0. The standard InChI is InChI=1S/C15H11N3/c1-18-8-10-6-7-12-15(17-9-16-12)14(10)11-4-2-3-5-13(11)18/h2-9H,1H3. The van der Waals surface area contributed by atoms with E-state index in [4.69, 9.17) is 0 Å². The molecule has 18 heavy (non-hydrogen) atoms. The van der Waals surface area contributed by atoms with E-state index in [-0.39, 0.29) is 0 Å². The van der Waals surface area contributed by atoms with E-state index in [1.807, 2.05) is 6.07 Å². The number of rotatable bonds is 0. The molecule has 86 valence electrons. The van der Waals surface area contributed by atoms with Crippen molar-refractivity contribution in [3.63, 3.8) is 0 Å². The van der Waals surface area contributed by atoms with Crippen molar-refractivity contribution in [2.45, 2.75) is 0 Å². The van der Waals surface area contributed by atoms with Crippen molar-refractivity contribution in [2.75, 3.05) is 0 Å². The molecule has 4 rings (SSSR count). The second-order valence-corrected chi connectivity index (χ2v) is 4.53. The first-order chi connectivity index (χ1) is 8.84. The Morgan fingerprint density at radius 3 is 2.83 bits per heavy atom. The Morgan fingerprint density at radius 1 is 1.00 bits per heavy atom. The van der Waals surface area contributed by atoms with Crippen LogP contribution < -0.4 is 0 Å². The Hall–Kier alpha value is -2.42. The van der Waals surface area contributed by atoms with Gasteiger partial charge in [-0.25, -0.2) is 9.97 Å². The molecule has 0 fully saturated rings. The number of hydrogen-bond acceptors (Lipinski definition) is 2. The highest BCUT2D eigenvalue weighted by Crippen LogP contribution is 2.29. The molecule has 2 aromatic heterocycles. The Morgan fingerprint density at radius 2 is 1.89 bits per heavy atom. The average molecular weight is 233 g/mol. The number of aryl methyl sites for hydroxylation is 1. The molecule has 0 amide bonds. The van der Waals surface area contributed by atoms with Gasteiger partial charge in [-0.1, -0.05) is 24.3 Å². The van der Waals surface area contributed by atoms with Gasteiger partial charge < -0.3 is 4.57 Å². The summed E-state index contributed by atoms with van der Waals surface area (Å²) >= 11 is 0. The molecule has 4 aromatic rings. The van der Waals surface area contributed by atoms with Crippen molar-refractivity contribution < 1.29 is 0 Å². The van der Waals surface area contributed by atoms with Crippen LogP contribution in [0.15, 0.2) is 48.9 Å². The summed E-state index contributed by atoms with van der Waals surface area (Å²) in [5.74, 6) is 0. The predicted octanol–water partition coefficient (Wildman–Crippen LogP) is 3.27. The number of nitrogens with zero attached hydrogens (tertiary/aromatic N) is 3. The van der Waals surface area contributed by atoms with Crippen LogP contribution in [0, 0.1) is 0 Å². The van der Waals surface area contributed by atoms with E-state index in [0.29, 0.717) is 0 Å². The van der Waals surface area contributed by atoms with Gasteiger partial charge in [0.15, 0.2) is 0 Å². The first-order valence-corrected chi connectivity index (χ1v) is 5.92. The van der Waals surface area contributed by atoms with Gasteiger partial charge in [0.1, 0.15) is 6.33 Å². The second-order valence-electron chi connectivity index (χ2n) is 4.53. The molecule has 0 unspecified atom stereocenters. The van der Waals surface area contributed by atoms with E-state index in [9.17, 15) is 0 Å². The van der Waals surface area contributed by atoms with Crippen LogP contribution in [-0.4, -0.2) is 14.5 Å². The maximum atomic E-state index is 4.41. The number of benzene rings is 2. The van der Waals surface area contributed by atoms with Crippen LogP contribution in [0.5, 0.6) is 0 Å². The molecular formula is C15H11N3. The number of imidazole rings is 1. The molecule has 2 heterocycles. The minimum atomic E-state index is 0.960. The molecule has 0 aliphatic carbocycles. The van der Waals surface area contributed by atoms with E-state index < -0.39 is 0 Å². The zero-order valence-corrected chi connectivity index (χ0v) is 9.96. The summed E-state index contributed by atoms with van der Waals surface area (Å²) in [5, 5.41) is 3.62. The summed E-state index contributed by atoms with van der Waals surface area (Å²) in [7, 11) is 2.07. The van der Waals surface area contributed by atoms with Crippen LogP contribution in [0.25, 0.3) is 32.7 Å². The summed E-state index contributed by atoms with van der Waals surface area (Å²) in [6, 6.07) is 12.5. The molecule has 0 bridgehead atoms. The average Bonchev–Trinajstić information content (AvgIpc) is 2.87. The van der Waals surface area contributed by atoms with Crippen molar-refractivity contribution in [3.8, 4) is 0 Å². The highest BCUT2D eigenvalue weighted by atomic mass is 14.9. The third kappa shape index (κ3) is 1.13. The van der Waals surface area contributed by atoms with Crippen molar-refractivity contribution in [1.29, 1.82) is 0 Å². The van der Waals surface area contributed by atoms with Crippen LogP contribution >= 0.6 is 0 Å². The SMILES string of the molecule is Cn1cc2ccc3ncnc3c2c2ccccc21. The third-order valence-corrected chi connectivity index (χ3v) is 3.46. The number of fused-ring (bicyclic) bond motifs is 5. The quantitative estimate of drug-likeness (QED) is 0.436.